The largest absolute Gasteiger partial charge is 0.494 e. The molecular weight excluding hydrogens is 556 g/mol. The Morgan fingerprint density at radius 2 is 1.79 bits per heavy atom. The van der Waals surface area contributed by atoms with Crippen molar-refractivity contribution in [3.05, 3.63) is 59.0 Å². The molecule has 220 valence electrons. The van der Waals surface area contributed by atoms with Crippen molar-refractivity contribution >= 4 is 23.2 Å². The Hall–Kier alpha value is -4.13. The van der Waals surface area contributed by atoms with Gasteiger partial charge in [0.2, 0.25) is 11.8 Å². The van der Waals surface area contributed by atoms with E-state index in [2.05, 4.69) is 20.2 Å². The molecule has 42 heavy (non-hydrogen) atoms. The summed E-state index contributed by atoms with van der Waals surface area (Å²) in [5.41, 5.74) is 0.00738. The SMILES string of the molecule is COc1cc(N2CC3(CN(C)C3)C2)c(F)cc1Nc1ncc(C(F)(F)F)c(Oc2cccc3c2C(=O)N(C)C32CC2)n1. The maximum atomic E-state index is 15.2. The van der Waals surface area contributed by atoms with E-state index in [1.54, 1.807) is 30.1 Å². The summed E-state index contributed by atoms with van der Waals surface area (Å²) in [5, 5.41) is 2.77. The van der Waals surface area contributed by atoms with Crippen molar-refractivity contribution in [2.45, 2.75) is 24.6 Å². The Morgan fingerprint density at radius 1 is 1.05 bits per heavy atom. The van der Waals surface area contributed by atoms with Crippen LogP contribution in [0.1, 0.15) is 34.3 Å². The molecule has 2 saturated heterocycles. The van der Waals surface area contributed by atoms with Gasteiger partial charge >= 0.3 is 6.18 Å². The molecule has 3 aromatic rings. The van der Waals surface area contributed by atoms with Crippen LogP contribution in [0.2, 0.25) is 0 Å². The third-order valence-corrected chi connectivity index (χ3v) is 8.80. The maximum Gasteiger partial charge on any atom is 0.423 e. The van der Waals surface area contributed by atoms with E-state index in [4.69, 9.17) is 9.47 Å². The molecule has 13 heteroatoms. The molecule has 9 nitrogen and oxygen atoms in total. The van der Waals surface area contributed by atoms with Gasteiger partial charge in [-0.2, -0.15) is 18.2 Å². The number of nitrogens with one attached hydrogen (secondary N) is 1. The molecule has 4 heterocycles. The first-order valence-electron chi connectivity index (χ1n) is 13.5. The summed E-state index contributed by atoms with van der Waals surface area (Å²) in [5.74, 6) is -1.64. The fourth-order valence-corrected chi connectivity index (χ4v) is 6.70. The molecule has 1 amide bonds. The molecule has 0 bridgehead atoms. The Labute approximate surface area is 239 Å². The predicted molar refractivity (Wildman–Crippen MR) is 145 cm³/mol. The number of halogens is 4. The molecule has 3 fully saturated rings. The van der Waals surface area contributed by atoms with Crippen LogP contribution in [0.3, 0.4) is 0 Å². The van der Waals surface area contributed by atoms with E-state index in [9.17, 15) is 18.0 Å². The van der Waals surface area contributed by atoms with Gasteiger partial charge in [-0.05, 0) is 31.5 Å². The summed E-state index contributed by atoms with van der Waals surface area (Å²) in [7, 11) is 5.14. The number of benzene rings is 2. The first-order valence-corrected chi connectivity index (χ1v) is 13.5. The lowest BCUT2D eigenvalue weighted by Gasteiger charge is -2.60. The number of nitrogens with zero attached hydrogens (tertiary/aromatic N) is 5. The van der Waals surface area contributed by atoms with Gasteiger partial charge in [-0.1, -0.05) is 12.1 Å². The summed E-state index contributed by atoms with van der Waals surface area (Å²) < 4.78 is 68.3. The lowest BCUT2D eigenvalue weighted by Crippen LogP contribution is -2.71. The summed E-state index contributed by atoms with van der Waals surface area (Å²) >= 11 is 0. The van der Waals surface area contributed by atoms with Crippen molar-refractivity contribution in [3.8, 4) is 17.4 Å². The quantitative estimate of drug-likeness (QED) is 0.406. The fraction of sp³-hybridized carbons (Fsp3) is 0.414. The Morgan fingerprint density at radius 3 is 2.43 bits per heavy atom. The number of methoxy groups -OCH3 is 1. The van der Waals surface area contributed by atoms with Gasteiger partial charge in [-0.3, -0.25) is 4.79 Å². The van der Waals surface area contributed by atoms with Crippen LogP contribution < -0.4 is 19.7 Å². The fourth-order valence-electron chi connectivity index (χ4n) is 6.70. The maximum absolute atomic E-state index is 15.2. The minimum absolute atomic E-state index is 0.0266. The van der Waals surface area contributed by atoms with Crippen LogP contribution in [-0.2, 0) is 11.7 Å². The highest BCUT2D eigenvalue weighted by Gasteiger charge is 2.57. The molecule has 2 spiro atoms. The van der Waals surface area contributed by atoms with E-state index >= 15 is 4.39 Å². The monoisotopic (exact) mass is 584 g/mol. The zero-order valence-electron chi connectivity index (χ0n) is 23.2. The summed E-state index contributed by atoms with van der Waals surface area (Å²) in [6, 6.07) is 7.65. The number of amides is 1. The highest BCUT2D eigenvalue weighted by atomic mass is 19.4. The number of hydrogen-bond donors (Lipinski definition) is 1. The van der Waals surface area contributed by atoms with Crippen molar-refractivity contribution < 1.29 is 31.8 Å². The van der Waals surface area contributed by atoms with Crippen molar-refractivity contribution in [1.29, 1.82) is 0 Å². The molecule has 0 radical (unpaired) electrons. The third kappa shape index (κ3) is 4.04. The zero-order valence-corrected chi connectivity index (χ0v) is 23.2. The van der Waals surface area contributed by atoms with Crippen molar-refractivity contribution in [2.75, 3.05) is 57.6 Å². The van der Waals surface area contributed by atoms with Crippen LogP contribution in [-0.4, -0.2) is 73.1 Å². The van der Waals surface area contributed by atoms with Gasteiger partial charge in [0.15, 0.2) is 0 Å². The average molecular weight is 585 g/mol. The van der Waals surface area contributed by atoms with Gasteiger partial charge in [0.05, 0.1) is 29.6 Å². The first-order chi connectivity index (χ1) is 19.9. The number of fused-ring (bicyclic) bond motifs is 2. The summed E-state index contributed by atoms with van der Waals surface area (Å²) in [6.45, 7) is 3.40. The van der Waals surface area contributed by atoms with E-state index in [1.807, 2.05) is 11.9 Å². The van der Waals surface area contributed by atoms with Crippen molar-refractivity contribution in [3.63, 3.8) is 0 Å². The first kappa shape index (κ1) is 26.7. The van der Waals surface area contributed by atoms with Gasteiger partial charge in [-0.25, -0.2) is 9.37 Å². The molecule has 1 N–H and O–H groups in total. The van der Waals surface area contributed by atoms with Crippen LogP contribution in [0, 0.1) is 11.2 Å². The topological polar surface area (TPSA) is 83.1 Å². The summed E-state index contributed by atoms with van der Waals surface area (Å²) in [6.07, 6.45) is -2.70. The van der Waals surface area contributed by atoms with Gasteiger partial charge in [0.1, 0.15) is 22.9 Å². The normalized spacial score (nSPS) is 19.9. The van der Waals surface area contributed by atoms with E-state index in [1.165, 1.54) is 19.2 Å². The number of ether oxygens (including phenoxy) is 2. The van der Waals surface area contributed by atoms with Gasteiger partial charge < -0.3 is 29.5 Å². The van der Waals surface area contributed by atoms with Crippen LogP contribution in [0.25, 0.3) is 0 Å². The molecule has 4 aliphatic rings. The minimum atomic E-state index is -4.83. The number of alkyl halides is 3. The van der Waals surface area contributed by atoms with Gasteiger partial charge in [0.25, 0.3) is 5.91 Å². The highest BCUT2D eigenvalue weighted by molar-refractivity contribution is 6.03. The third-order valence-electron chi connectivity index (χ3n) is 8.80. The molecule has 1 aromatic heterocycles. The number of carbonyl (C=O) groups excluding carboxylic acids is 1. The number of anilines is 3. The minimum Gasteiger partial charge on any atom is -0.494 e. The summed E-state index contributed by atoms with van der Waals surface area (Å²) in [4.78, 5) is 26.6. The number of likely N-dealkylation sites (tertiary alicyclic amines) is 1. The number of carbonyl (C=O) groups is 1. The second-order valence-electron chi connectivity index (χ2n) is 11.7. The Bertz CT molecular complexity index is 1610. The molecule has 1 saturated carbocycles. The lowest BCUT2D eigenvalue weighted by atomic mass is 9.73. The predicted octanol–water partition coefficient (Wildman–Crippen LogP) is 5.01. The zero-order chi connectivity index (χ0) is 29.6. The molecule has 1 aliphatic carbocycles. The highest BCUT2D eigenvalue weighted by Crippen LogP contribution is 2.57. The van der Waals surface area contributed by atoms with Gasteiger partial charge in [0, 0.05) is 57.0 Å². The Kier molecular flexibility index (Phi) is 5.69. The van der Waals surface area contributed by atoms with Crippen molar-refractivity contribution in [2.24, 2.45) is 5.41 Å². The van der Waals surface area contributed by atoms with Crippen LogP contribution in [0.4, 0.5) is 34.9 Å². The number of rotatable bonds is 6. The van der Waals surface area contributed by atoms with E-state index in [0.717, 1.165) is 44.6 Å². The standard InChI is InChI=1S/C29H28F4N6O3/c1-37-12-27(13-37)14-39(15-27)20-10-22(41-3)19(9-18(20)30)35-26-34-11-17(29(31,32)33)24(36-26)42-21-6-4-5-16-23(21)25(40)38(2)28(16)7-8-28/h4-6,9-11H,7-8,12-15H2,1-3H3,(H,34,35,36). The molecule has 2 aromatic carbocycles. The number of hydrogen-bond acceptors (Lipinski definition) is 8. The second kappa shape index (κ2) is 8.93. The molecule has 0 atom stereocenters. The van der Waals surface area contributed by atoms with Gasteiger partial charge in [-0.15, -0.1) is 0 Å². The second-order valence-corrected chi connectivity index (χ2v) is 11.7. The molecule has 0 unspecified atom stereocenters. The molecular formula is C29H28F4N6O3. The van der Waals surface area contributed by atoms with Crippen LogP contribution >= 0.6 is 0 Å². The molecule has 3 aliphatic heterocycles. The number of aromatic nitrogens is 2. The average Bonchev–Trinajstić information content (AvgIpc) is 3.67. The lowest BCUT2D eigenvalue weighted by molar-refractivity contribution is -0.139. The van der Waals surface area contributed by atoms with Crippen LogP contribution in [0.15, 0.2) is 36.5 Å². The van der Waals surface area contributed by atoms with Crippen molar-refractivity contribution in [1.82, 2.24) is 19.8 Å². The van der Waals surface area contributed by atoms with E-state index < -0.39 is 29.0 Å². The van der Waals surface area contributed by atoms with Crippen LogP contribution in [0.5, 0.6) is 17.4 Å². The van der Waals surface area contributed by atoms with E-state index in [-0.39, 0.29) is 40.0 Å². The smallest absolute Gasteiger partial charge is 0.423 e. The molecule has 7 rings (SSSR count). The Balaban J connectivity index is 1.19. The van der Waals surface area contributed by atoms with E-state index in [0.29, 0.717) is 11.9 Å².